The van der Waals surface area contributed by atoms with Gasteiger partial charge in [-0.3, -0.25) is 19.8 Å². The normalized spacial score (nSPS) is 14.6. The summed E-state index contributed by atoms with van der Waals surface area (Å²) in [6.45, 7) is 3.43. The van der Waals surface area contributed by atoms with Crippen LogP contribution in [0.3, 0.4) is 0 Å². The molecule has 0 aliphatic carbocycles. The molecular weight excluding hydrogens is 330 g/mol. The van der Waals surface area contributed by atoms with E-state index in [1.54, 1.807) is 19.1 Å². The molecule has 0 atom stereocenters. The second kappa shape index (κ2) is 7.93. The summed E-state index contributed by atoms with van der Waals surface area (Å²) in [5, 5.41) is 13.8. The minimum absolute atomic E-state index is 0.0104. The lowest BCUT2D eigenvalue weighted by Crippen LogP contribution is -2.36. The maximum atomic E-state index is 12.3. The molecule has 6 nitrogen and oxygen atoms in total. The van der Waals surface area contributed by atoms with E-state index in [1.807, 2.05) is 18.2 Å². The van der Waals surface area contributed by atoms with Crippen LogP contribution in [0.4, 0.5) is 11.4 Å². The average Bonchev–Trinajstić information content (AvgIpc) is 2.64. The molecule has 0 fully saturated rings. The molecular formula is C20H21N3O3. The van der Waals surface area contributed by atoms with Gasteiger partial charge in [-0.25, -0.2) is 0 Å². The molecule has 26 heavy (non-hydrogen) atoms. The zero-order valence-electron chi connectivity index (χ0n) is 14.6. The second-order valence-electron chi connectivity index (χ2n) is 6.34. The first-order chi connectivity index (χ1) is 12.5. The molecule has 1 heterocycles. The third-order valence-electron chi connectivity index (χ3n) is 4.58. The molecule has 0 saturated carbocycles. The number of rotatable bonds is 5. The van der Waals surface area contributed by atoms with E-state index in [-0.39, 0.29) is 18.1 Å². The highest BCUT2D eigenvalue weighted by Gasteiger charge is 2.18. The smallest absolute Gasteiger partial charge is 0.274 e. The summed E-state index contributed by atoms with van der Waals surface area (Å²) < 4.78 is 0. The second-order valence-corrected chi connectivity index (χ2v) is 6.34. The molecule has 1 aliphatic rings. The van der Waals surface area contributed by atoms with Crippen molar-refractivity contribution in [2.45, 2.75) is 13.3 Å². The van der Waals surface area contributed by atoms with Crippen LogP contribution < -0.4 is 5.32 Å². The molecule has 0 unspecified atom stereocenters. The Labute approximate surface area is 152 Å². The fourth-order valence-corrected chi connectivity index (χ4v) is 3.12. The number of anilines is 1. The summed E-state index contributed by atoms with van der Waals surface area (Å²) in [4.78, 5) is 24.9. The minimum Gasteiger partial charge on any atom is -0.324 e. The van der Waals surface area contributed by atoms with E-state index in [9.17, 15) is 14.9 Å². The first-order valence-electron chi connectivity index (χ1n) is 8.55. The van der Waals surface area contributed by atoms with Crippen LogP contribution >= 0.6 is 0 Å². The van der Waals surface area contributed by atoms with Gasteiger partial charge in [0.15, 0.2) is 0 Å². The number of nitro benzene ring substituents is 1. The standard InChI is InChI=1S/C20H21N3O3/c1-15-18(8-5-9-19(15)23(25)26)21-20(24)14-22-12-10-17(11-13-22)16-6-3-2-4-7-16/h2-10H,11-14H2,1H3,(H,21,24). The SMILES string of the molecule is Cc1c(NC(=O)CN2CC=C(c3ccccc3)CC2)cccc1[N+](=O)[O-]. The predicted molar refractivity (Wildman–Crippen MR) is 102 cm³/mol. The molecule has 6 heteroatoms. The molecule has 0 aromatic heterocycles. The molecule has 1 N–H and O–H groups in total. The van der Waals surface area contributed by atoms with Crippen LogP contribution in [0.2, 0.25) is 0 Å². The summed E-state index contributed by atoms with van der Waals surface area (Å²) in [7, 11) is 0. The zero-order chi connectivity index (χ0) is 18.5. The molecule has 1 amide bonds. The van der Waals surface area contributed by atoms with Crippen molar-refractivity contribution in [2.24, 2.45) is 0 Å². The van der Waals surface area contributed by atoms with Gasteiger partial charge < -0.3 is 5.32 Å². The van der Waals surface area contributed by atoms with Crippen molar-refractivity contribution in [1.29, 1.82) is 0 Å². The molecule has 1 aliphatic heterocycles. The van der Waals surface area contributed by atoms with Gasteiger partial charge in [-0.05, 0) is 30.5 Å². The Bertz CT molecular complexity index is 847. The van der Waals surface area contributed by atoms with Crippen molar-refractivity contribution in [2.75, 3.05) is 25.0 Å². The van der Waals surface area contributed by atoms with Gasteiger partial charge in [0.25, 0.3) is 5.69 Å². The highest BCUT2D eigenvalue weighted by Crippen LogP contribution is 2.25. The van der Waals surface area contributed by atoms with E-state index in [4.69, 9.17) is 0 Å². The number of carbonyl (C=O) groups excluding carboxylic acids is 1. The summed E-state index contributed by atoms with van der Waals surface area (Å²) >= 11 is 0. The summed E-state index contributed by atoms with van der Waals surface area (Å²) in [5.41, 5.74) is 3.49. The predicted octanol–water partition coefficient (Wildman–Crippen LogP) is 3.63. The maximum Gasteiger partial charge on any atom is 0.274 e. The van der Waals surface area contributed by atoms with Crippen LogP contribution in [-0.4, -0.2) is 35.4 Å². The Kier molecular flexibility index (Phi) is 5.43. The third kappa shape index (κ3) is 4.15. The lowest BCUT2D eigenvalue weighted by Gasteiger charge is -2.26. The number of hydrogen-bond donors (Lipinski definition) is 1. The van der Waals surface area contributed by atoms with Gasteiger partial charge >= 0.3 is 0 Å². The molecule has 0 radical (unpaired) electrons. The van der Waals surface area contributed by atoms with Crippen molar-refractivity contribution in [3.05, 3.63) is 75.8 Å². The number of nitrogens with one attached hydrogen (secondary N) is 1. The van der Waals surface area contributed by atoms with Crippen LogP contribution in [0.25, 0.3) is 5.57 Å². The summed E-state index contributed by atoms with van der Waals surface area (Å²) in [6.07, 6.45) is 3.05. The van der Waals surface area contributed by atoms with E-state index >= 15 is 0 Å². The first-order valence-corrected chi connectivity index (χ1v) is 8.55. The van der Waals surface area contributed by atoms with Crippen LogP contribution in [0, 0.1) is 17.0 Å². The van der Waals surface area contributed by atoms with E-state index < -0.39 is 4.92 Å². The Morgan fingerprint density at radius 1 is 1.19 bits per heavy atom. The van der Waals surface area contributed by atoms with Gasteiger partial charge in [0.05, 0.1) is 22.7 Å². The van der Waals surface area contributed by atoms with Crippen molar-refractivity contribution >= 4 is 22.9 Å². The minimum atomic E-state index is -0.439. The largest absolute Gasteiger partial charge is 0.324 e. The Morgan fingerprint density at radius 2 is 1.96 bits per heavy atom. The van der Waals surface area contributed by atoms with Gasteiger partial charge in [0, 0.05) is 19.2 Å². The zero-order valence-corrected chi connectivity index (χ0v) is 14.6. The van der Waals surface area contributed by atoms with Crippen LogP contribution in [0.15, 0.2) is 54.6 Å². The fraction of sp³-hybridized carbons (Fsp3) is 0.250. The summed E-state index contributed by atoms with van der Waals surface area (Å²) in [5.74, 6) is -0.162. The lowest BCUT2D eigenvalue weighted by molar-refractivity contribution is -0.385. The number of nitro groups is 1. The number of benzene rings is 2. The van der Waals surface area contributed by atoms with Gasteiger partial charge in [-0.1, -0.05) is 42.5 Å². The Morgan fingerprint density at radius 3 is 2.62 bits per heavy atom. The van der Waals surface area contributed by atoms with Crippen LogP contribution in [-0.2, 0) is 4.79 Å². The van der Waals surface area contributed by atoms with Gasteiger partial charge in [-0.15, -0.1) is 0 Å². The van der Waals surface area contributed by atoms with Crippen LogP contribution in [0.1, 0.15) is 17.5 Å². The van der Waals surface area contributed by atoms with E-state index in [2.05, 4.69) is 28.4 Å². The van der Waals surface area contributed by atoms with E-state index in [1.165, 1.54) is 17.2 Å². The van der Waals surface area contributed by atoms with Crippen molar-refractivity contribution in [3.8, 4) is 0 Å². The Hall–Kier alpha value is -2.99. The number of nitrogens with zero attached hydrogens (tertiary/aromatic N) is 2. The highest BCUT2D eigenvalue weighted by molar-refractivity contribution is 5.93. The molecule has 3 rings (SSSR count). The van der Waals surface area contributed by atoms with Gasteiger partial charge in [-0.2, -0.15) is 0 Å². The molecule has 2 aromatic rings. The highest BCUT2D eigenvalue weighted by atomic mass is 16.6. The number of carbonyl (C=O) groups is 1. The van der Waals surface area contributed by atoms with Crippen LogP contribution in [0.5, 0.6) is 0 Å². The van der Waals surface area contributed by atoms with Crippen molar-refractivity contribution in [3.63, 3.8) is 0 Å². The molecule has 0 bridgehead atoms. The molecule has 134 valence electrons. The fourth-order valence-electron chi connectivity index (χ4n) is 3.12. The van der Waals surface area contributed by atoms with Crippen molar-refractivity contribution in [1.82, 2.24) is 4.90 Å². The summed E-state index contributed by atoms with van der Waals surface area (Å²) in [6, 6.07) is 14.9. The molecule has 2 aromatic carbocycles. The topological polar surface area (TPSA) is 75.5 Å². The van der Waals surface area contributed by atoms with E-state index in [0.717, 1.165) is 13.0 Å². The van der Waals surface area contributed by atoms with E-state index in [0.29, 0.717) is 17.8 Å². The lowest BCUT2D eigenvalue weighted by atomic mass is 10.00. The molecule has 0 saturated heterocycles. The first kappa shape index (κ1) is 17.8. The quantitative estimate of drug-likeness (QED) is 0.659. The van der Waals surface area contributed by atoms with Crippen molar-refractivity contribution < 1.29 is 9.72 Å². The average molecular weight is 351 g/mol. The molecule has 0 spiro atoms. The maximum absolute atomic E-state index is 12.3. The van der Waals surface area contributed by atoms with Gasteiger partial charge in [0.1, 0.15) is 0 Å². The third-order valence-corrected chi connectivity index (χ3v) is 4.58. The monoisotopic (exact) mass is 351 g/mol. The van der Waals surface area contributed by atoms with Gasteiger partial charge in [0.2, 0.25) is 5.91 Å². The number of amides is 1. The Balaban J connectivity index is 1.59. The number of hydrogen-bond acceptors (Lipinski definition) is 4.